The van der Waals surface area contributed by atoms with E-state index in [0.29, 0.717) is 48.0 Å². The van der Waals surface area contributed by atoms with E-state index in [2.05, 4.69) is 52.2 Å². The van der Waals surface area contributed by atoms with E-state index in [-0.39, 0.29) is 57.4 Å². The number of rotatable bonds is 26. The highest BCUT2D eigenvalue weighted by atomic mass is 16.6. The summed E-state index contributed by atoms with van der Waals surface area (Å²) in [6.07, 6.45) is -1.91. The second-order valence-corrected chi connectivity index (χ2v) is 17.0. The monoisotopic (exact) mass is 991 g/mol. The van der Waals surface area contributed by atoms with Crippen LogP contribution < -0.4 is 63.2 Å². The molecule has 0 spiro atoms. The molecule has 1 fully saturated rings. The molecule has 386 valence electrons. The zero-order valence-electron chi connectivity index (χ0n) is 40.3. The highest BCUT2D eigenvalue weighted by Gasteiger charge is 2.49. The predicted molar refractivity (Wildman–Crippen MR) is 261 cm³/mol. The minimum absolute atomic E-state index is 0.0537. The summed E-state index contributed by atoms with van der Waals surface area (Å²) in [6, 6.07) is 10.8. The third kappa shape index (κ3) is 16.3. The van der Waals surface area contributed by atoms with E-state index >= 15 is 0 Å². The van der Waals surface area contributed by atoms with E-state index in [1.807, 2.05) is 20.2 Å². The Bertz CT molecular complexity index is 2290. The smallest absolute Gasteiger partial charge is 0.408 e. The Hall–Kier alpha value is -7.51. The summed E-state index contributed by atoms with van der Waals surface area (Å²) in [4.78, 5) is 96.1. The number of guanidine groups is 1. The number of alkyl carbamates (subject to hydrolysis) is 1. The molecule has 7 atom stereocenters. The Morgan fingerprint density at radius 1 is 0.901 bits per heavy atom. The molecule has 1 saturated heterocycles. The van der Waals surface area contributed by atoms with Gasteiger partial charge in [-0.1, -0.05) is 42.5 Å². The van der Waals surface area contributed by atoms with Crippen molar-refractivity contribution in [2.45, 2.75) is 94.7 Å². The molecule has 5 rings (SSSR count). The summed E-state index contributed by atoms with van der Waals surface area (Å²) >= 11 is 0. The number of ether oxygens (including phenoxy) is 3. The van der Waals surface area contributed by atoms with Gasteiger partial charge in [-0.3, -0.25) is 29.0 Å². The molecule has 2 aliphatic heterocycles. The van der Waals surface area contributed by atoms with Gasteiger partial charge in [0, 0.05) is 40.5 Å². The number of aliphatic hydroxyl groups is 2. The fraction of sp³-hybridized carbons (Fsp3) is 0.500. The minimum atomic E-state index is -1.39. The standard InChI is InChI=1S/C46H66N14O11/c1-27(62)49-19-9-8-13-32(55-35(63)22-51-41(65)31(14-10-20-50-45(47)48)57-46(68)70-24-29-11-6-5-7-12-29)42(66)56-33(21-28-15-17-30(69-4)18-16-28)43(67)58-36-34(23-61)71-44(38(36)64)60-26-54-37-39(59(2)3)52-25-53-40(37)60/h5-7,11-12,15-18,25,31-34,36,38,44,54,61,64H,8-10,13-14,19-24,26H2,1-4H3,(H,49,62)(H,51,65)(H,55,63)(H,56,66)(H,57,68)(H,58,67)(H4,47,48,50). The number of aromatic nitrogens is 2. The van der Waals surface area contributed by atoms with Crippen molar-refractivity contribution >= 4 is 58.9 Å². The van der Waals surface area contributed by atoms with Crippen LogP contribution >= 0.6 is 0 Å². The van der Waals surface area contributed by atoms with Crippen LogP contribution in [0.1, 0.15) is 50.2 Å². The Kier molecular flexibility index (Phi) is 20.7. The number of fused-ring (bicyclic) bond motifs is 1. The fourth-order valence-corrected chi connectivity index (χ4v) is 7.83. The lowest BCUT2D eigenvalue weighted by Crippen LogP contribution is -2.59. The van der Waals surface area contributed by atoms with Gasteiger partial charge in [0.15, 0.2) is 23.8 Å². The topological polar surface area (TPSA) is 351 Å². The SMILES string of the molecule is COc1ccc(CC(NC(=O)C(CCCCNC(C)=O)NC(=O)CNC(=O)C(CCCN=C(N)N)NC(=O)OCc2ccccc2)C(=O)NC2C(CO)OC(N3CNc4c(N(C)C)ncnc43)C2O)cc1. The predicted octanol–water partition coefficient (Wildman–Crippen LogP) is -1.71. The van der Waals surface area contributed by atoms with Gasteiger partial charge in [0.1, 0.15) is 54.7 Å². The van der Waals surface area contributed by atoms with Gasteiger partial charge in [-0.05, 0) is 55.4 Å². The zero-order chi connectivity index (χ0) is 51.5. The van der Waals surface area contributed by atoms with Gasteiger partial charge in [-0.25, -0.2) is 14.8 Å². The number of hydrogen-bond acceptors (Lipinski definition) is 17. The van der Waals surface area contributed by atoms with Gasteiger partial charge >= 0.3 is 6.09 Å². The number of unbranched alkanes of at least 4 members (excludes halogenated alkanes) is 1. The van der Waals surface area contributed by atoms with E-state index in [0.717, 1.165) is 5.56 Å². The molecule has 13 N–H and O–H groups in total. The molecular weight excluding hydrogens is 925 g/mol. The van der Waals surface area contributed by atoms with Gasteiger partial charge in [0.25, 0.3) is 0 Å². The van der Waals surface area contributed by atoms with E-state index in [4.69, 9.17) is 25.7 Å². The number of carbonyl (C=O) groups is 6. The molecule has 2 aromatic carbocycles. The van der Waals surface area contributed by atoms with Crippen LogP contribution in [-0.4, -0.2) is 158 Å². The maximum atomic E-state index is 14.4. The summed E-state index contributed by atoms with van der Waals surface area (Å²) in [5, 5.41) is 41.3. The molecule has 0 bridgehead atoms. The van der Waals surface area contributed by atoms with Crippen molar-refractivity contribution in [3.05, 3.63) is 72.1 Å². The zero-order valence-corrected chi connectivity index (χ0v) is 40.3. The third-order valence-corrected chi connectivity index (χ3v) is 11.5. The lowest BCUT2D eigenvalue weighted by molar-refractivity contribution is -0.133. The first-order valence-electron chi connectivity index (χ1n) is 23.1. The maximum absolute atomic E-state index is 14.4. The fourth-order valence-electron chi connectivity index (χ4n) is 7.83. The average molecular weight is 991 g/mol. The number of methoxy groups -OCH3 is 1. The van der Waals surface area contributed by atoms with Crippen molar-refractivity contribution in [3.63, 3.8) is 0 Å². The number of nitrogens with two attached hydrogens (primary N) is 2. The lowest BCUT2D eigenvalue weighted by Gasteiger charge is -2.28. The van der Waals surface area contributed by atoms with Crippen LogP contribution in [0.4, 0.5) is 22.1 Å². The van der Waals surface area contributed by atoms with Crippen LogP contribution in [0.15, 0.2) is 65.9 Å². The first-order chi connectivity index (χ1) is 34.1. The van der Waals surface area contributed by atoms with Gasteiger partial charge in [0.2, 0.25) is 29.5 Å². The number of carbonyl (C=O) groups excluding carboxylic acids is 6. The number of hydrogen-bond donors (Lipinski definition) is 11. The second-order valence-electron chi connectivity index (χ2n) is 17.0. The molecule has 2 aliphatic rings. The third-order valence-electron chi connectivity index (χ3n) is 11.5. The summed E-state index contributed by atoms with van der Waals surface area (Å²) in [5.41, 5.74) is 12.8. The van der Waals surface area contributed by atoms with Crippen LogP contribution in [0.5, 0.6) is 5.75 Å². The van der Waals surface area contributed by atoms with Crippen molar-refractivity contribution in [1.82, 2.24) is 41.9 Å². The highest BCUT2D eigenvalue weighted by Crippen LogP contribution is 2.39. The van der Waals surface area contributed by atoms with Gasteiger partial charge in [-0.2, -0.15) is 0 Å². The number of nitrogens with zero attached hydrogens (tertiary/aromatic N) is 5. The quantitative estimate of drug-likeness (QED) is 0.0242. The van der Waals surface area contributed by atoms with Gasteiger partial charge < -0.3 is 82.9 Å². The Morgan fingerprint density at radius 3 is 2.30 bits per heavy atom. The molecular formula is C46H66N14O11. The normalized spacial score (nSPS) is 18.0. The van der Waals surface area contributed by atoms with E-state index < -0.39 is 85.5 Å². The van der Waals surface area contributed by atoms with Gasteiger partial charge in [-0.15, -0.1) is 0 Å². The largest absolute Gasteiger partial charge is 0.497 e. The molecule has 3 aromatic rings. The van der Waals surface area contributed by atoms with Crippen molar-refractivity contribution in [3.8, 4) is 5.75 Å². The molecule has 0 radical (unpaired) electrons. The van der Waals surface area contributed by atoms with Crippen LogP contribution in [0.2, 0.25) is 0 Å². The van der Waals surface area contributed by atoms with E-state index in [1.54, 1.807) is 58.3 Å². The minimum Gasteiger partial charge on any atom is -0.497 e. The van der Waals surface area contributed by atoms with Crippen LogP contribution in [0.3, 0.4) is 0 Å². The molecule has 25 nitrogen and oxygen atoms in total. The van der Waals surface area contributed by atoms with Crippen LogP contribution in [0, 0.1) is 0 Å². The number of amides is 6. The van der Waals surface area contributed by atoms with E-state index in [9.17, 15) is 39.0 Å². The molecule has 0 aliphatic carbocycles. The average Bonchev–Trinajstić information content (AvgIpc) is 3.92. The first kappa shape index (κ1) is 54.4. The number of aliphatic imine (C=N–C) groups is 1. The molecule has 25 heteroatoms. The number of nitrogens with one attached hydrogen (secondary N) is 7. The maximum Gasteiger partial charge on any atom is 0.408 e. The molecule has 3 heterocycles. The van der Waals surface area contributed by atoms with Crippen molar-refractivity contribution < 1.29 is 53.2 Å². The van der Waals surface area contributed by atoms with Crippen LogP contribution in [0.25, 0.3) is 0 Å². The lowest BCUT2D eigenvalue weighted by atomic mass is 10.0. The summed E-state index contributed by atoms with van der Waals surface area (Å²) in [6.45, 7) is 0.742. The van der Waals surface area contributed by atoms with E-state index in [1.165, 1.54) is 20.4 Å². The van der Waals surface area contributed by atoms with Crippen LogP contribution in [-0.2, 0) is 46.5 Å². The summed E-state index contributed by atoms with van der Waals surface area (Å²) in [5.74, 6) is -1.79. The molecule has 1 aromatic heterocycles. The second kappa shape index (κ2) is 27.0. The summed E-state index contributed by atoms with van der Waals surface area (Å²) < 4.78 is 16.7. The molecule has 71 heavy (non-hydrogen) atoms. The number of anilines is 3. The Morgan fingerprint density at radius 2 is 1.62 bits per heavy atom. The highest BCUT2D eigenvalue weighted by molar-refractivity contribution is 5.94. The van der Waals surface area contributed by atoms with Crippen molar-refractivity contribution in [2.75, 3.05) is 69.2 Å². The number of aliphatic hydroxyl groups excluding tert-OH is 2. The Labute approximate surface area is 411 Å². The number of benzene rings is 2. The molecule has 0 saturated carbocycles. The van der Waals surface area contributed by atoms with Gasteiger partial charge in [0.05, 0.1) is 33.0 Å². The molecule has 7 unspecified atom stereocenters. The Balaban J connectivity index is 1.30. The first-order valence-corrected chi connectivity index (χ1v) is 23.1. The van der Waals surface area contributed by atoms with Crippen molar-refractivity contribution in [2.24, 2.45) is 16.5 Å². The van der Waals surface area contributed by atoms with Crippen molar-refractivity contribution in [1.29, 1.82) is 0 Å². The molecule has 6 amide bonds. The summed E-state index contributed by atoms with van der Waals surface area (Å²) in [7, 11) is 5.14.